The van der Waals surface area contributed by atoms with Gasteiger partial charge in [0.05, 0.1) is 4.47 Å². The highest BCUT2D eigenvalue weighted by atomic mass is 79.9. The lowest BCUT2D eigenvalue weighted by Crippen LogP contribution is -2.39. The average Bonchev–Trinajstić information content (AvgIpc) is 2.37. The maximum atomic E-state index is 13.2. The van der Waals surface area contributed by atoms with Crippen LogP contribution in [-0.2, 0) is 6.54 Å². The van der Waals surface area contributed by atoms with E-state index in [1.54, 1.807) is 0 Å². The quantitative estimate of drug-likeness (QED) is 0.921. The van der Waals surface area contributed by atoms with Gasteiger partial charge in [0.25, 0.3) is 0 Å². The average molecular weight is 316 g/mol. The number of halogens is 2. The Bertz CT molecular complexity index is 397. The second-order valence-electron chi connectivity index (χ2n) is 4.88. The Morgan fingerprint density at radius 1 is 1.39 bits per heavy atom. The minimum Gasteiger partial charge on any atom is -0.396 e. The summed E-state index contributed by atoms with van der Waals surface area (Å²) in [7, 11) is 0. The van der Waals surface area contributed by atoms with Crippen molar-refractivity contribution in [3.8, 4) is 0 Å². The number of hydrogen-bond donors (Lipinski definition) is 1. The fourth-order valence-corrected chi connectivity index (χ4v) is 3.04. The number of benzene rings is 1. The van der Waals surface area contributed by atoms with Crippen LogP contribution in [0, 0.1) is 5.82 Å². The lowest BCUT2D eigenvalue weighted by atomic mass is 9.99. The van der Waals surface area contributed by atoms with Crippen molar-refractivity contribution in [3.63, 3.8) is 0 Å². The number of hydrogen-bond acceptors (Lipinski definition) is 2. The molecule has 1 aliphatic heterocycles. The summed E-state index contributed by atoms with van der Waals surface area (Å²) in [6, 6.07) is 5.65. The van der Waals surface area contributed by atoms with E-state index in [1.807, 2.05) is 12.1 Å². The first-order chi connectivity index (χ1) is 8.70. The molecule has 2 nitrogen and oxygen atoms in total. The number of rotatable bonds is 4. The van der Waals surface area contributed by atoms with Crippen molar-refractivity contribution >= 4 is 15.9 Å². The highest BCUT2D eigenvalue weighted by Gasteiger charge is 2.21. The van der Waals surface area contributed by atoms with E-state index in [4.69, 9.17) is 5.11 Å². The molecule has 0 aromatic heterocycles. The van der Waals surface area contributed by atoms with Crippen molar-refractivity contribution in [2.45, 2.75) is 38.3 Å². The second kappa shape index (κ2) is 6.64. The topological polar surface area (TPSA) is 23.5 Å². The van der Waals surface area contributed by atoms with Crippen LogP contribution in [-0.4, -0.2) is 29.2 Å². The molecule has 1 aromatic rings. The minimum atomic E-state index is -0.218. The molecule has 1 heterocycles. The monoisotopic (exact) mass is 315 g/mol. The van der Waals surface area contributed by atoms with Crippen LogP contribution in [0.2, 0.25) is 0 Å². The lowest BCUT2D eigenvalue weighted by molar-refractivity contribution is 0.112. The fraction of sp³-hybridized carbons (Fsp3) is 0.571. The van der Waals surface area contributed by atoms with Crippen LogP contribution < -0.4 is 0 Å². The summed E-state index contributed by atoms with van der Waals surface area (Å²) < 4.78 is 13.7. The number of likely N-dealkylation sites (tertiary alicyclic amines) is 1. The van der Waals surface area contributed by atoms with E-state index in [9.17, 15) is 4.39 Å². The molecule has 1 aliphatic rings. The standard InChI is InChI=1S/C14H19BrFNO/c15-13-9-11(4-5-14(13)16)10-17-7-2-1-3-12(17)6-8-18/h4-5,9,12,18H,1-3,6-8,10H2. The molecule has 1 atom stereocenters. The first-order valence-electron chi connectivity index (χ1n) is 6.49. The predicted octanol–water partition coefficient (Wildman–Crippen LogP) is 3.33. The van der Waals surface area contributed by atoms with Gasteiger partial charge in [-0.25, -0.2) is 4.39 Å². The molecule has 1 N–H and O–H groups in total. The summed E-state index contributed by atoms with van der Waals surface area (Å²) in [5.41, 5.74) is 1.12. The Balaban J connectivity index is 2.03. The molecular formula is C14H19BrFNO. The highest BCUT2D eigenvalue weighted by Crippen LogP contribution is 2.23. The van der Waals surface area contributed by atoms with Crippen LogP contribution in [0.1, 0.15) is 31.2 Å². The molecule has 0 radical (unpaired) electrons. The molecular weight excluding hydrogens is 297 g/mol. The summed E-state index contributed by atoms with van der Waals surface area (Å²) >= 11 is 3.22. The van der Waals surface area contributed by atoms with Gasteiger partial charge in [0.15, 0.2) is 0 Å². The summed E-state index contributed by atoms with van der Waals surface area (Å²) in [6.45, 7) is 2.15. The minimum absolute atomic E-state index is 0.218. The van der Waals surface area contributed by atoms with Crippen LogP contribution >= 0.6 is 15.9 Å². The van der Waals surface area contributed by atoms with Gasteiger partial charge in [0.2, 0.25) is 0 Å². The van der Waals surface area contributed by atoms with E-state index in [0.717, 1.165) is 31.5 Å². The predicted molar refractivity (Wildman–Crippen MR) is 73.9 cm³/mol. The molecule has 100 valence electrons. The molecule has 2 rings (SSSR count). The van der Waals surface area contributed by atoms with E-state index in [2.05, 4.69) is 20.8 Å². The van der Waals surface area contributed by atoms with Gasteiger partial charge in [-0.2, -0.15) is 0 Å². The first-order valence-corrected chi connectivity index (χ1v) is 7.29. The largest absolute Gasteiger partial charge is 0.396 e. The van der Waals surface area contributed by atoms with Crippen molar-refractivity contribution in [2.75, 3.05) is 13.2 Å². The van der Waals surface area contributed by atoms with E-state index >= 15 is 0 Å². The molecule has 0 saturated carbocycles. The number of aliphatic hydroxyl groups is 1. The highest BCUT2D eigenvalue weighted by molar-refractivity contribution is 9.10. The molecule has 1 saturated heterocycles. The van der Waals surface area contributed by atoms with Crippen LogP contribution in [0.3, 0.4) is 0 Å². The Kier molecular flexibility index (Phi) is 5.15. The van der Waals surface area contributed by atoms with Crippen LogP contribution in [0.25, 0.3) is 0 Å². The summed E-state index contributed by atoms with van der Waals surface area (Å²) in [5, 5.41) is 9.10. The molecule has 4 heteroatoms. The first kappa shape index (κ1) is 14.0. The summed E-state index contributed by atoms with van der Waals surface area (Å²) in [4.78, 5) is 2.40. The molecule has 1 unspecified atom stereocenters. The normalized spacial score (nSPS) is 21.2. The zero-order chi connectivity index (χ0) is 13.0. The van der Waals surface area contributed by atoms with E-state index in [1.165, 1.54) is 18.9 Å². The van der Waals surface area contributed by atoms with Gasteiger partial charge in [-0.1, -0.05) is 12.5 Å². The van der Waals surface area contributed by atoms with E-state index < -0.39 is 0 Å². The number of nitrogens with zero attached hydrogens (tertiary/aromatic N) is 1. The third-order valence-corrected chi connectivity index (χ3v) is 4.19. The maximum Gasteiger partial charge on any atom is 0.137 e. The van der Waals surface area contributed by atoms with Crippen molar-refractivity contribution < 1.29 is 9.50 Å². The van der Waals surface area contributed by atoms with Crippen LogP contribution in [0.15, 0.2) is 22.7 Å². The van der Waals surface area contributed by atoms with Crippen LogP contribution in [0.5, 0.6) is 0 Å². The fourth-order valence-electron chi connectivity index (χ4n) is 2.62. The Hall–Kier alpha value is -0.450. The lowest BCUT2D eigenvalue weighted by Gasteiger charge is -2.35. The van der Waals surface area contributed by atoms with Crippen molar-refractivity contribution in [1.29, 1.82) is 0 Å². The molecule has 0 aliphatic carbocycles. The summed E-state index contributed by atoms with van der Waals surface area (Å²) in [5.74, 6) is -0.218. The summed E-state index contributed by atoms with van der Waals surface area (Å²) in [6.07, 6.45) is 4.45. The Labute approximate surface area is 116 Å². The number of aliphatic hydroxyl groups excluding tert-OH is 1. The molecule has 0 spiro atoms. The smallest absolute Gasteiger partial charge is 0.137 e. The molecule has 1 fully saturated rings. The molecule has 1 aromatic carbocycles. The van der Waals surface area contributed by atoms with E-state index in [0.29, 0.717) is 10.5 Å². The molecule has 0 bridgehead atoms. The third kappa shape index (κ3) is 3.53. The van der Waals surface area contributed by atoms with Gasteiger partial charge in [0.1, 0.15) is 5.82 Å². The van der Waals surface area contributed by atoms with Gasteiger partial charge in [-0.15, -0.1) is 0 Å². The van der Waals surface area contributed by atoms with Gasteiger partial charge < -0.3 is 5.11 Å². The third-order valence-electron chi connectivity index (χ3n) is 3.58. The zero-order valence-corrected chi connectivity index (χ0v) is 12.0. The Morgan fingerprint density at radius 3 is 2.94 bits per heavy atom. The number of piperidine rings is 1. The SMILES string of the molecule is OCCC1CCCCN1Cc1ccc(F)c(Br)c1. The van der Waals surface area contributed by atoms with Crippen LogP contribution in [0.4, 0.5) is 4.39 Å². The van der Waals surface area contributed by atoms with Gasteiger partial charge >= 0.3 is 0 Å². The zero-order valence-electron chi connectivity index (χ0n) is 10.4. The van der Waals surface area contributed by atoms with Gasteiger partial charge in [-0.3, -0.25) is 4.90 Å². The van der Waals surface area contributed by atoms with Crippen molar-refractivity contribution in [3.05, 3.63) is 34.1 Å². The van der Waals surface area contributed by atoms with Gasteiger partial charge in [0, 0.05) is 19.2 Å². The van der Waals surface area contributed by atoms with E-state index in [-0.39, 0.29) is 12.4 Å². The maximum absolute atomic E-state index is 13.2. The van der Waals surface area contributed by atoms with Crippen molar-refractivity contribution in [2.24, 2.45) is 0 Å². The second-order valence-corrected chi connectivity index (χ2v) is 5.74. The van der Waals surface area contributed by atoms with Gasteiger partial charge in [-0.05, 0) is 59.4 Å². The molecule has 18 heavy (non-hydrogen) atoms. The Morgan fingerprint density at radius 2 is 2.22 bits per heavy atom. The molecule has 0 amide bonds. The van der Waals surface area contributed by atoms with Crippen molar-refractivity contribution in [1.82, 2.24) is 4.90 Å².